The summed E-state index contributed by atoms with van der Waals surface area (Å²) in [6, 6.07) is 25.4. The van der Waals surface area contributed by atoms with Crippen molar-refractivity contribution in [3.8, 4) is 0 Å². The SMILES string of the molecule is C=CC(/C=C/c1cccc2ccccc12)NCc1ccccc1. The highest BCUT2D eigenvalue weighted by Crippen LogP contribution is 2.19. The molecule has 0 aliphatic carbocycles. The van der Waals surface area contributed by atoms with E-state index in [2.05, 4.69) is 90.8 Å². The van der Waals surface area contributed by atoms with Gasteiger partial charge in [0.05, 0.1) is 0 Å². The number of nitrogens with one attached hydrogen (secondary N) is 1. The summed E-state index contributed by atoms with van der Waals surface area (Å²) in [4.78, 5) is 0. The van der Waals surface area contributed by atoms with Gasteiger partial charge in [-0.3, -0.25) is 0 Å². The molecule has 0 heterocycles. The van der Waals surface area contributed by atoms with Crippen molar-refractivity contribution in [3.63, 3.8) is 0 Å². The van der Waals surface area contributed by atoms with Crippen molar-refractivity contribution in [2.45, 2.75) is 12.6 Å². The van der Waals surface area contributed by atoms with Crippen LogP contribution >= 0.6 is 0 Å². The lowest BCUT2D eigenvalue weighted by Crippen LogP contribution is -2.24. The van der Waals surface area contributed by atoms with Gasteiger partial charge >= 0.3 is 0 Å². The second kappa shape index (κ2) is 7.57. The fourth-order valence-corrected chi connectivity index (χ4v) is 2.66. The molecule has 0 fully saturated rings. The van der Waals surface area contributed by atoms with E-state index in [-0.39, 0.29) is 6.04 Å². The third-order valence-corrected chi connectivity index (χ3v) is 3.95. The molecule has 1 unspecified atom stereocenters. The van der Waals surface area contributed by atoms with E-state index < -0.39 is 0 Å². The largest absolute Gasteiger partial charge is 0.303 e. The van der Waals surface area contributed by atoms with Gasteiger partial charge in [0.1, 0.15) is 0 Å². The molecule has 0 bridgehead atoms. The van der Waals surface area contributed by atoms with Crippen LogP contribution in [0, 0.1) is 0 Å². The smallest absolute Gasteiger partial charge is 0.0438 e. The zero-order valence-electron chi connectivity index (χ0n) is 13.2. The van der Waals surface area contributed by atoms with E-state index in [4.69, 9.17) is 0 Å². The molecule has 0 radical (unpaired) electrons. The van der Waals surface area contributed by atoms with Crippen LogP contribution in [0.3, 0.4) is 0 Å². The molecule has 0 aliphatic rings. The summed E-state index contributed by atoms with van der Waals surface area (Å²) in [6.45, 7) is 4.76. The highest BCUT2D eigenvalue weighted by molar-refractivity contribution is 5.90. The van der Waals surface area contributed by atoms with Gasteiger partial charge in [-0.05, 0) is 21.9 Å². The van der Waals surface area contributed by atoms with Crippen molar-refractivity contribution >= 4 is 16.8 Å². The third kappa shape index (κ3) is 3.97. The maximum absolute atomic E-state index is 3.93. The first-order valence-corrected chi connectivity index (χ1v) is 7.92. The van der Waals surface area contributed by atoms with Crippen LogP contribution in [-0.2, 0) is 6.54 Å². The van der Waals surface area contributed by atoms with Gasteiger partial charge in [0.25, 0.3) is 0 Å². The van der Waals surface area contributed by atoms with Crippen molar-refractivity contribution in [2.24, 2.45) is 0 Å². The lowest BCUT2D eigenvalue weighted by atomic mass is 10.0. The van der Waals surface area contributed by atoms with Crippen LogP contribution in [0.25, 0.3) is 16.8 Å². The topological polar surface area (TPSA) is 12.0 Å². The van der Waals surface area contributed by atoms with E-state index >= 15 is 0 Å². The molecule has 114 valence electrons. The predicted octanol–water partition coefficient (Wildman–Crippen LogP) is 5.20. The maximum Gasteiger partial charge on any atom is 0.0438 e. The predicted molar refractivity (Wildman–Crippen MR) is 100 cm³/mol. The maximum atomic E-state index is 3.93. The molecule has 0 saturated heterocycles. The molecule has 1 N–H and O–H groups in total. The second-order valence-corrected chi connectivity index (χ2v) is 5.56. The normalized spacial score (nSPS) is 12.5. The fraction of sp³-hybridized carbons (Fsp3) is 0.0909. The number of fused-ring (bicyclic) bond motifs is 1. The van der Waals surface area contributed by atoms with Crippen LogP contribution < -0.4 is 5.32 Å². The molecule has 0 spiro atoms. The summed E-state index contributed by atoms with van der Waals surface area (Å²) >= 11 is 0. The van der Waals surface area contributed by atoms with Crippen LogP contribution in [-0.4, -0.2) is 6.04 Å². The first-order chi connectivity index (χ1) is 11.4. The van der Waals surface area contributed by atoms with Crippen molar-refractivity contribution in [3.05, 3.63) is 103 Å². The van der Waals surface area contributed by atoms with E-state index in [9.17, 15) is 0 Å². The zero-order chi connectivity index (χ0) is 15.9. The third-order valence-electron chi connectivity index (χ3n) is 3.95. The zero-order valence-corrected chi connectivity index (χ0v) is 13.2. The summed E-state index contributed by atoms with van der Waals surface area (Å²) in [7, 11) is 0. The Bertz CT molecular complexity index is 797. The molecule has 0 aromatic heterocycles. The van der Waals surface area contributed by atoms with Gasteiger partial charge in [-0.15, -0.1) is 6.58 Å². The van der Waals surface area contributed by atoms with Gasteiger partial charge in [0.15, 0.2) is 0 Å². The highest BCUT2D eigenvalue weighted by atomic mass is 14.9. The second-order valence-electron chi connectivity index (χ2n) is 5.56. The number of hydrogen-bond acceptors (Lipinski definition) is 1. The summed E-state index contributed by atoms with van der Waals surface area (Å²) < 4.78 is 0. The minimum Gasteiger partial charge on any atom is -0.303 e. The molecule has 1 nitrogen and oxygen atoms in total. The fourth-order valence-electron chi connectivity index (χ4n) is 2.66. The molecular formula is C22H21N. The molecule has 0 saturated carbocycles. The summed E-state index contributed by atoms with van der Waals surface area (Å²) in [5, 5.41) is 6.04. The van der Waals surface area contributed by atoms with E-state index in [1.54, 1.807) is 0 Å². The minimum absolute atomic E-state index is 0.147. The molecule has 0 amide bonds. The lowest BCUT2D eigenvalue weighted by molar-refractivity contribution is 0.678. The van der Waals surface area contributed by atoms with Crippen LogP contribution in [0.1, 0.15) is 11.1 Å². The van der Waals surface area contributed by atoms with Crippen molar-refractivity contribution in [2.75, 3.05) is 0 Å². The number of hydrogen-bond donors (Lipinski definition) is 1. The quantitative estimate of drug-likeness (QED) is 0.617. The Balaban J connectivity index is 1.73. The highest BCUT2D eigenvalue weighted by Gasteiger charge is 2.00. The van der Waals surface area contributed by atoms with Crippen molar-refractivity contribution < 1.29 is 0 Å². The van der Waals surface area contributed by atoms with Gasteiger partial charge in [-0.1, -0.05) is 91.0 Å². The Labute approximate surface area is 138 Å². The van der Waals surface area contributed by atoms with E-state index in [0.29, 0.717) is 0 Å². The van der Waals surface area contributed by atoms with Crippen LogP contribution in [0.15, 0.2) is 91.5 Å². The molecule has 1 atom stereocenters. The molecule has 3 rings (SSSR count). The Kier molecular flexibility index (Phi) is 5.02. The lowest BCUT2D eigenvalue weighted by Gasteiger charge is -2.11. The Morgan fingerprint density at radius 1 is 0.870 bits per heavy atom. The first-order valence-electron chi connectivity index (χ1n) is 7.92. The standard InChI is InChI=1S/C22H21N/c1-2-21(23-17-18-9-4-3-5-10-18)16-15-20-13-8-12-19-11-6-7-14-22(19)20/h2-16,21,23H,1,17H2/b16-15+. The Morgan fingerprint density at radius 3 is 2.43 bits per heavy atom. The van der Waals surface area contributed by atoms with Gasteiger partial charge in [-0.25, -0.2) is 0 Å². The monoisotopic (exact) mass is 299 g/mol. The van der Waals surface area contributed by atoms with Crippen LogP contribution in [0.5, 0.6) is 0 Å². The Hall–Kier alpha value is -2.64. The van der Waals surface area contributed by atoms with Gasteiger partial charge < -0.3 is 5.32 Å². The number of rotatable bonds is 6. The van der Waals surface area contributed by atoms with Crippen molar-refractivity contribution in [1.29, 1.82) is 0 Å². The van der Waals surface area contributed by atoms with E-state index in [1.165, 1.54) is 21.9 Å². The summed E-state index contributed by atoms with van der Waals surface area (Å²) in [6.07, 6.45) is 6.27. The minimum atomic E-state index is 0.147. The first kappa shape index (κ1) is 15.3. The van der Waals surface area contributed by atoms with Gasteiger partial charge in [-0.2, -0.15) is 0 Å². The molecule has 23 heavy (non-hydrogen) atoms. The van der Waals surface area contributed by atoms with Crippen LogP contribution in [0.4, 0.5) is 0 Å². The molecule has 3 aromatic carbocycles. The van der Waals surface area contributed by atoms with Crippen molar-refractivity contribution in [1.82, 2.24) is 5.32 Å². The van der Waals surface area contributed by atoms with E-state index in [1.807, 2.05) is 12.1 Å². The number of benzene rings is 3. The molecule has 0 aliphatic heterocycles. The van der Waals surface area contributed by atoms with E-state index in [0.717, 1.165) is 6.54 Å². The average Bonchev–Trinajstić information content (AvgIpc) is 2.63. The average molecular weight is 299 g/mol. The van der Waals surface area contributed by atoms with Gasteiger partial charge in [0, 0.05) is 12.6 Å². The Morgan fingerprint density at radius 2 is 1.61 bits per heavy atom. The molecule has 3 aromatic rings. The molecule has 1 heteroatoms. The molecular weight excluding hydrogens is 278 g/mol. The van der Waals surface area contributed by atoms with Gasteiger partial charge in [0.2, 0.25) is 0 Å². The van der Waals surface area contributed by atoms with Crippen LogP contribution in [0.2, 0.25) is 0 Å². The summed E-state index contributed by atoms with van der Waals surface area (Å²) in [5.74, 6) is 0. The summed E-state index contributed by atoms with van der Waals surface area (Å²) in [5.41, 5.74) is 2.51.